The molecule has 0 fully saturated rings. The van der Waals surface area contributed by atoms with Crippen molar-refractivity contribution in [3.63, 3.8) is 0 Å². The molecule has 0 radical (unpaired) electrons. The molecular formula is C10H13Cl2NO2S. The van der Waals surface area contributed by atoms with E-state index in [2.05, 4.69) is 0 Å². The normalized spacial score (nSPS) is 14.8. The van der Waals surface area contributed by atoms with E-state index in [1.165, 1.54) is 11.3 Å². The Morgan fingerprint density at radius 2 is 2.25 bits per heavy atom. The minimum Gasteiger partial charge on any atom is -0.481 e. The maximum Gasteiger partial charge on any atom is 0.303 e. The van der Waals surface area contributed by atoms with Crippen molar-refractivity contribution in [2.24, 2.45) is 11.7 Å². The summed E-state index contributed by atoms with van der Waals surface area (Å²) in [4.78, 5) is 10.5. The highest BCUT2D eigenvalue weighted by molar-refractivity contribution is 7.20. The zero-order valence-corrected chi connectivity index (χ0v) is 11.1. The number of hydrogen-bond donors (Lipinski definition) is 2. The van der Waals surface area contributed by atoms with Crippen LogP contribution in [0.4, 0.5) is 0 Å². The fraction of sp³-hybridized carbons (Fsp3) is 0.500. The zero-order chi connectivity index (χ0) is 12.3. The van der Waals surface area contributed by atoms with Crippen LogP contribution in [0.25, 0.3) is 0 Å². The summed E-state index contributed by atoms with van der Waals surface area (Å²) in [6.07, 6.45) is 0.697. The van der Waals surface area contributed by atoms with Crippen molar-refractivity contribution in [1.29, 1.82) is 0 Å². The molecular weight excluding hydrogens is 269 g/mol. The minimum absolute atomic E-state index is 0.0160. The van der Waals surface area contributed by atoms with Gasteiger partial charge in [0, 0.05) is 12.5 Å². The Labute approximate surface area is 108 Å². The van der Waals surface area contributed by atoms with Crippen molar-refractivity contribution in [1.82, 2.24) is 0 Å². The van der Waals surface area contributed by atoms with Crippen molar-refractivity contribution in [3.8, 4) is 0 Å². The van der Waals surface area contributed by atoms with Crippen LogP contribution in [0.2, 0.25) is 8.67 Å². The first kappa shape index (κ1) is 13.8. The van der Waals surface area contributed by atoms with Gasteiger partial charge in [0.2, 0.25) is 0 Å². The van der Waals surface area contributed by atoms with Gasteiger partial charge in [0.1, 0.15) is 0 Å². The van der Waals surface area contributed by atoms with E-state index in [4.69, 9.17) is 34.0 Å². The van der Waals surface area contributed by atoms with Crippen LogP contribution in [-0.4, -0.2) is 11.1 Å². The Morgan fingerprint density at radius 1 is 1.62 bits per heavy atom. The molecule has 0 amide bonds. The number of carboxylic acid groups (broad SMARTS) is 1. The molecule has 0 aliphatic heterocycles. The largest absolute Gasteiger partial charge is 0.481 e. The van der Waals surface area contributed by atoms with Gasteiger partial charge in [0.25, 0.3) is 0 Å². The molecule has 3 N–H and O–H groups in total. The molecule has 0 bridgehead atoms. The van der Waals surface area contributed by atoms with Crippen LogP contribution in [0, 0.1) is 5.92 Å². The molecule has 0 saturated carbocycles. The van der Waals surface area contributed by atoms with E-state index in [9.17, 15) is 4.79 Å². The van der Waals surface area contributed by atoms with E-state index < -0.39 is 5.97 Å². The van der Waals surface area contributed by atoms with Gasteiger partial charge in [-0.2, -0.15) is 0 Å². The van der Waals surface area contributed by atoms with Crippen LogP contribution < -0.4 is 5.73 Å². The Bertz CT molecular complexity index is 381. The van der Waals surface area contributed by atoms with Gasteiger partial charge >= 0.3 is 5.97 Å². The lowest BCUT2D eigenvalue weighted by Gasteiger charge is -2.15. The third-order valence-corrected chi connectivity index (χ3v) is 3.78. The van der Waals surface area contributed by atoms with Gasteiger partial charge in [-0.1, -0.05) is 30.1 Å². The molecule has 16 heavy (non-hydrogen) atoms. The van der Waals surface area contributed by atoms with Crippen LogP contribution in [0.3, 0.4) is 0 Å². The standard InChI is InChI=1S/C10H13Cl2NO2S/c1-5(3-9(14)15)2-7(13)6-4-8(11)16-10(6)12/h4-5,7H,2-3,13H2,1H3,(H,14,15). The molecule has 1 aromatic heterocycles. The first-order chi connectivity index (χ1) is 7.40. The Kier molecular flexibility index (Phi) is 5.05. The zero-order valence-electron chi connectivity index (χ0n) is 8.74. The van der Waals surface area contributed by atoms with Gasteiger partial charge in [-0.25, -0.2) is 0 Å². The number of carbonyl (C=O) groups is 1. The molecule has 1 rings (SSSR count). The topological polar surface area (TPSA) is 63.3 Å². The molecule has 0 saturated heterocycles. The average molecular weight is 282 g/mol. The minimum atomic E-state index is -0.811. The molecule has 90 valence electrons. The van der Waals surface area contributed by atoms with E-state index >= 15 is 0 Å². The Hall–Kier alpha value is -0.290. The van der Waals surface area contributed by atoms with Crippen molar-refractivity contribution in [3.05, 3.63) is 20.3 Å². The van der Waals surface area contributed by atoms with E-state index in [-0.39, 0.29) is 18.4 Å². The number of hydrogen-bond acceptors (Lipinski definition) is 3. The Balaban J connectivity index is 2.61. The number of nitrogens with two attached hydrogens (primary N) is 1. The third kappa shape index (κ3) is 3.94. The first-order valence-corrected chi connectivity index (χ1v) is 6.39. The Morgan fingerprint density at radius 3 is 2.69 bits per heavy atom. The maximum atomic E-state index is 10.5. The highest BCUT2D eigenvalue weighted by atomic mass is 35.5. The van der Waals surface area contributed by atoms with Gasteiger partial charge in [-0.15, -0.1) is 11.3 Å². The maximum absolute atomic E-state index is 10.5. The summed E-state index contributed by atoms with van der Waals surface area (Å²) in [5.41, 5.74) is 6.76. The van der Waals surface area contributed by atoms with Gasteiger partial charge in [-0.05, 0) is 24.0 Å². The molecule has 6 heteroatoms. The van der Waals surface area contributed by atoms with E-state index in [0.29, 0.717) is 15.1 Å². The quantitative estimate of drug-likeness (QED) is 0.868. The van der Waals surface area contributed by atoms with Crippen LogP contribution in [-0.2, 0) is 4.79 Å². The second kappa shape index (κ2) is 5.87. The van der Waals surface area contributed by atoms with Gasteiger partial charge in [-0.3, -0.25) is 4.79 Å². The third-order valence-electron chi connectivity index (χ3n) is 2.26. The van der Waals surface area contributed by atoms with Crippen LogP contribution in [0.1, 0.15) is 31.4 Å². The number of aliphatic carboxylic acids is 1. The summed E-state index contributed by atoms with van der Waals surface area (Å²) < 4.78 is 1.18. The molecule has 0 aliphatic carbocycles. The monoisotopic (exact) mass is 281 g/mol. The summed E-state index contributed by atoms with van der Waals surface area (Å²) in [6.45, 7) is 1.86. The first-order valence-electron chi connectivity index (χ1n) is 4.82. The second-order valence-electron chi connectivity index (χ2n) is 3.82. The lowest BCUT2D eigenvalue weighted by molar-refractivity contribution is -0.138. The number of carboxylic acids is 1. The SMILES string of the molecule is CC(CC(=O)O)CC(N)c1cc(Cl)sc1Cl. The summed E-state index contributed by atoms with van der Waals surface area (Å²) in [7, 11) is 0. The van der Waals surface area contributed by atoms with E-state index in [0.717, 1.165) is 5.56 Å². The highest BCUT2D eigenvalue weighted by Gasteiger charge is 2.18. The summed E-state index contributed by atoms with van der Waals surface area (Å²) in [5, 5.41) is 8.64. The fourth-order valence-electron chi connectivity index (χ4n) is 1.55. The summed E-state index contributed by atoms with van der Waals surface area (Å²) >= 11 is 13.1. The predicted molar refractivity (Wildman–Crippen MR) is 67.3 cm³/mol. The fourth-order valence-corrected chi connectivity index (χ4v) is 3.14. The van der Waals surface area contributed by atoms with Crippen molar-refractivity contribution in [2.45, 2.75) is 25.8 Å². The molecule has 0 spiro atoms. The smallest absolute Gasteiger partial charge is 0.303 e. The molecule has 1 heterocycles. The molecule has 1 aromatic rings. The van der Waals surface area contributed by atoms with Gasteiger partial charge in [0.15, 0.2) is 0 Å². The van der Waals surface area contributed by atoms with Gasteiger partial charge in [0.05, 0.1) is 8.67 Å². The number of thiophene rings is 1. The number of rotatable bonds is 5. The molecule has 2 atom stereocenters. The predicted octanol–water partition coefficient (Wildman–Crippen LogP) is 3.56. The van der Waals surface area contributed by atoms with Crippen molar-refractivity contribution < 1.29 is 9.90 Å². The molecule has 3 nitrogen and oxygen atoms in total. The lowest BCUT2D eigenvalue weighted by atomic mass is 9.96. The number of halogens is 2. The highest BCUT2D eigenvalue weighted by Crippen LogP contribution is 2.36. The lowest BCUT2D eigenvalue weighted by Crippen LogP contribution is -2.15. The van der Waals surface area contributed by atoms with Crippen molar-refractivity contribution >= 4 is 40.5 Å². The molecule has 0 aliphatic rings. The van der Waals surface area contributed by atoms with E-state index in [1.54, 1.807) is 6.07 Å². The van der Waals surface area contributed by atoms with Crippen LogP contribution in [0.15, 0.2) is 6.07 Å². The molecule has 2 unspecified atom stereocenters. The molecule has 0 aromatic carbocycles. The summed E-state index contributed by atoms with van der Waals surface area (Å²) in [6, 6.07) is 1.48. The van der Waals surface area contributed by atoms with Gasteiger partial charge < -0.3 is 10.8 Å². The van der Waals surface area contributed by atoms with Crippen LogP contribution >= 0.6 is 34.5 Å². The van der Waals surface area contributed by atoms with E-state index in [1.807, 2.05) is 6.92 Å². The summed E-state index contributed by atoms with van der Waals surface area (Å²) in [5.74, 6) is -0.795. The van der Waals surface area contributed by atoms with Crippen molar-refractivity contribution in [2.75, 3.05) is 0 Å². The van der Waals surface area contributed by atoms with Crippen LogP contribution in [0.5, 0.6) is 0 Å². The second-order valence-corrected chi connectivity index (χ2v) is 6.11. The average Bonchev–Trinajstić information content (AvgIpc) is 2.43.